The van der Waals surface area contributed by atoms with Gasteiger partial charge in [-0.3, -0.25) is 9.88 Å². The number of piperidine rings is 1. The third-order valence-electron chi connectivity index (χ3n) is 6.57. The molecule has 0 spiro atoms. The largest absolute Gasteiger partial charge is 0.513 e. The third-order valence-corrected chi connectivity index (χ3v) is 6.57. The second-order valence-corrected chi connectivity index (χ2v) is 10.5. The van der Waals surface area contributed by atoms with Crippen molar-refractivity contribution in [1.29, 1.82) is 5.26 Å². The molecular formula is C29H31N4O3+. The zero-order chi connectivity index (χ0) is 25.3. The minimum absolute atomic E-state index is 0.230. The number of para-hydroxylation sites is 1. The molecule has 1 aliphatic heterocycles. The van der Waals surface area contributed by atoms with Gasteiger partial charge in [-0.1, -0.05) is 18.2 Å². The normalized spacial score (nSPS) is 15.3. The molecule has 1 saturated heterocycles. The monoisotopic (exact) mass is 483 g/mol. The van der Waals surface area contributed by atoms with E-state index < -0.39 is 5.60 Å². The number of quaternary nitrogens is 1. The highest BCUT2D eigenvalue weighted by molar-refractivity contribution is 5.99. The van der Waals surface area contributed by atoms with Crippen molar-refractivity contribution in [3.05, 3.63) is 66.0 Å². The van der Waals surface area contributed by atoms with E-state index in [1.54, 1.807) is 11.5 Å². The average molecular weight is 484 g/mol. The number of primary amides is 1. The molecule has 3 heterocycles. The number of furan rings is 1. The number of ether oxygens (including phenoxy) is 1. The van der Waals surface area contributed by atoms with Crippen LogP contribution in [0.15, 0.2) is 59.3 Å². The van der Waals surface area contributed by atoms with Gasteiger partial charge in [0, 0.05) is 61.2 Å². The number of pyridine rings is 1. The zero-order valence-corrected chi connectivity index (χ0v) is 21.0. The number of aromatic nitrogens is 1. The van der Waals surface area contributed by atoms with Gasteiger partial charge in [0.2, 0.25) is 0 Å². The van der Waals surface area contributed by atoms with Crippen LogP contribution < -0.4 is 5.32 Å². The minimum atomic E-state index is -0.473. The first-order valence-corrected chi connectivity index (χ1v) is 12.4. The van der Waals surface area contributed by atoms with Crippen molar-refractivity contribution in [2.24, 2.45) is 0 Å². The van der Waals surface area contributed by atoms with E-state index >= 15 is 0 Å². The summed E-state index contributed by atoms with van der Waals surface area (Å²) >= 11 is 0. The van der Waals surface area contributed by atoms with Crippen LogP contribution in [0.5, 0.6) is 0 Å². The summed E-state index contributed by atoms with van der Waals surface area (Å²) in [4.78, 5) is 18.9. The molecule has 2 N–H and O–H groups in total. The molecule has 2 aromatic carbocycles. The molecule has 7 heteroatoms. The summed E-state index contributed by atoms with van der Waals surface area (Å²) in [6.07, 6.45) is 5.14. The van der Waals surface area contributed by atoms with E-state index in [0.29, 0.717) is 5.56 Å². The first-order chi connectivity index (χ1) is 17.3. The lowest BCUT2D eigenvalue weighted by atomic mass is 9.98. The lowest BCUT2D eigenvalue weighted by Gasteiger charge is -2.30. The molecule has 0 bridgehead atoms. The summed E-state index contributed by atoms with van der Waals surface area (Å²) in [5.74, 6) is 0.744. The fraction of sp³-hybridized carbons (Fsp3) is 0.345. The first-order valence-electron chi connectivity index (χ1n) is 12.4. The molecule has 1 fully saturated rings. The number of fused-ring (bicyclic) bond motifs is 2. The van der Waals surface area contributed by atoms with Gasteiger partial charge < -0.3 is 9.15 Å². The number of carbonyl (C=O) groups excluding carboxylic acids is 1. The topological polar surface area (TPSA) is 96.0 Å². The standard InChI is InChI=1S/C29H30N4O3/c1-29(2,3)36-28(34)32-22-8-10-33(11-9-22)18-19-12-21(15-30)24-16-31-17-25(23(24)13-19)27-14-20-6-4-5-7-26(20)35-27/h4-7,12-14,16-17,22H,8-11,18H2,1-3H3,(H,32,34)/p+1. The van der Waals surface area contributed by atoms with Gasteiger partial charge in [0.05, 0.1) is 17.7 Å². The minimum Gasteiger partial charge on any atom is -0.456 e. The van der Waals surface area contributed by atoms with Crippen LogP contribution in [0.2, 0.25) is 0 Å². The molecule has 0 saturated carbocycles. The Morgan fingerprint density at radius 3 is 2.67 bits per heavy atom. The molecule has 0 unspecified atom stereocenters. The number of nitriles is 1. The highest BCUT2D eigenvalue weighted by Crippen LogP contribution is 2.34. The number of hydrogen-bond acceptors (Lipinski definition) is 6. The molecule has 5 rings (SSSR count). The van der Waals surface area contributed by atoms with Crippen LogP contribution in [0.4, 0.5) is 4.79 Å². The molecule has 4 aromatic rings. The van der Waals surface area contributed by atoms with Gasteiger partial charge in [0.25, 0.3) is 0 Å². The van der Waals surface area contributed by atoms with Crippen LogP contribution in [0.3, 0.4) is 0 Å². The van der Waals surface area contributed by atoms with E-state index in [1.807, 2.05) is 63.4 Å². The van der Waals surface area contributed by atoms with E-state index in [1.165, 1.54) is 0 Å². The van der Waals surface area contributed by atoms with Gasteiger partial charge in [0.15, 0.2) is 0 Å². The van der Waals surface area contributed by atoms with Crippen molar-refractivity contribution in [3.63, 3.8) is 0 Å². The molecule has 7 nitrogen and oxygen atoms in total. The molecule has 2 aromatic heterocycles. The van der Waals surface area contributed by atoms with E-state index in [9.17, 15) is 10.1 Å². The molecule has 184 valence electrons. The quantitative estimate of drug-likeness (QED) is 0.440. The van der Waals surface area contributed by atoms with E-state index in [0.717, 1.165) is 71.1 Å². The third kappa shape index (κ3) is 5.25. The number of benzene rings is 2. The van der Waals surface area contributed by atoms with E-state index in [-0.39, 0.29) is 12.1 Å². The molecule has 1 aliphatic rings. The van der Waals surface area contributed by atoms with Crippen LogP contribution in [-0.4, -0.2) is 40.7 Å². The summed E-state index contributed by atoms with van der Waals surface area (Å²) in [5.41, 5.74) is 2.93. The van der Waals surface area contributed by atoms with Crippen LogP contribution in [0.25, 0.3) is 33.1 Å². The van der Waals surface area contributed by atoms with Crippen molar-refractivity contribution in [2.45, 2.75) is 51.8 Å². The Labute approximate surface area is 210 Å². The Bertz CT molecular complexity index is 1420. The van der Waals surface area contributed by atoms with Crippen molar-refractivity contribution in [1.82, 2.24) is 9.88 Å². The Morgan fingerprint density at radius 2 is 1.94 bits per heavy atom. The molecule has 0 radical (unpaired) electrons. The second kappa shape index (κ2) is 9.73. The van der Waals surface area contributed by atoms with Gasteiger partial charge >= 0.3 is 6.09 Å². The van der Waals surface area contributed by atoms with Crippen LogP contribution >= 0.6 is 0 Å². The van der Waals surface area contributed by atoms with Crippen molar-refractivity contribution in [3.8, 4) is 17.4 Å². The maximum atomic E-state index is 12.2. The fourth-order valence-corrected chi connectivity index (χ4v) is 4.89. The van der Waals surface area contributed by atoms with Gasteiger partial charge in [-0.2, -0.15) is 10.1 Å². The maximum absolute atomic E-state index is 12.2. The Morgan fingerprint density at radius 1 is 1.17 bits per heavy atom. The average Bonchev–Trinajstić information content (AvgIpc) is 3.27. The number of likely N-dealkylation sites (tertiary alicyclic amines) is 1. The van der Waals surface area contributed by atoms with E-state index in [4.69, 9.17) is 9.15 Å². The lowest BCUT2D eigenvalue weighted by molar-refractivity contribution is -0.613. The number of carbonyl (C=O) groups is 1. The predicted molar refractivity (Wildman–Crippen MR) is 138 cm³/mol. The molecule has 1 amide bonds. The van der Waals surface area contributed by atoms with Crippen LogP contribution in [0.1, 0.15) is 44.7 Å². The summed E-state index contributed by atoms with van der Waals surface area (Å²) in [6, 6.07) is 16.6. The number of rotatable bonds is 4. The lowest BCUT2D eigenvalue weighted by Crippen LogP contribution is -2.94. The Balaban J connectivity index is 1.35. The number of hydrogen-bond donors (Lipinski definition) is 1. The summed E-state index contributed by atoms with van der Waals surface area (Å²) in [6.45, 7) is 8.17. The van der Waals surface area contributed by atoms with Gasteiger partial charge in [0.1, 0.15) is 16.9 Å². The van der Waals surface area contributed by atoms with E-state index in [2.05, 4.69) is 22.0 Å². The highest BCUT2D eigenvalue weighted by Gasteiger charge is 2.27. The molecular weight excluding hydrogens is 452 g/mol. The molecule has 36 heavy (non-hydrogen) atoms. The Kier molecular flexibility index (Phi) is 6.48. The first kappa shape index (κ1) is 24.0. The number of amides is 1. The van der Waals surface area contributed by atoms with Crippen molar-refractivity contribution in [2.75, 3.05) is 13.1 Å². The number of nitrogens with zero attached hydrogens (tertiary/aromatic N) is 3. The van der Waals surface area contributed by atoms with Gasteiger partial charge in [-0.15, -0.1) is 0 Å². The van der Waals surface area contributed by atoms with Crippen LogP contribution in [-0.2, 0) is 11.3 Å². The second-order valence-electron chi connectivity index (χ2n) is 10.5. The molecule has 0 aliphatic carbocycles. The zero-order valence-electron chi connectivity index (χ0n) is 21.0. The number of nitrogens with two attached hydrogens (primary N) is 1. The van der Waals surface area contributed by atoms with Crippen molar-refractivity contribution < 1.29 is 19.3 Å². The fourth-order valence-electron chi connectivity index (χ4n) is 4.89. The predicted octanol–water partition coefficient (Wildman–Crippen LogP) is 4.98. The van der Waals surface area contributed by atoms with Crippen molar-refractivity contribution >= 4 is 27.8 Å². The summed E-state index contributed by atoms with van der Waals surface area (Å²) < 4.78 is 11.6. The van der Waals surface area contributed by atoms with Gasteiger partial charge in [-0.05, 0) is 56.0 Å². The SMILES string of the molecule is CC(C)(C)OC(=O)[NH2+]C1CCN(Cc2cc(C#N)c3cncc(-c4cc5ccccc5o4)c3c2)CC1. The highest BCUT2D eigenvalue weighted by atomic mass is 16.6. The maximum Gasteiger partial charge on any atom is 0.513 e. The molecule has 0 atom stereocenters. The Hall–Kier alpha value is -3.73. The summed E-state index contributed by atoms with van der Waals surface area (Å²) in [5, 5.41) is 14.4. The van der Waals surface area contributed by atoms with Gasteiger partial charge in [-0.25, -0.2) is 5.32 Å². The summed E-state index contributed by atoms with van der Waals surface area (Å²) in [7, 11) is 0. The smallest absolute Gasteiger partial charge is 0.456 e. The van der Waals surface area contributed by atoms with Crippen LogP contribution in [0, 0.1) is 11.3 Å².